The van der Waals surface area contributed by atoms with Gasteiger partial charge in [0.1, 0.15) is 0 Å². The van der Waals surface area contributed by atoms with Gasteiger partial charge in [-0.15, -0.1) is 11.3 Å². The molecule has 0 spiro atoms. The number of thiophene rings is 1. The monoisotopic (exact) mass is 318 g/mol. The summed E-state index contributed by atoms with van der Waals surface area (Å²) in [6.45, 7) is 2.88. The van der Waals surface area contributed by atoms with Crippen molar-refractivity contribution >= 4 is 33.8 Å². The van der Waals surface area contributed by atoms with Crippen molar-refractivity contribution in [1.82, 2.24) is 4.98 Å². The number of aromatic amines is 1. The summed E-state index contributed by atoms with van der Waals surface area (Å²) in [7, 11) is 0. The van der Waals surface area contributed by atoms with E-state index in [2.05, 4.69) is 35.5 Å². The first-order valence-electron chi connectivity index (χ1n) is 7.24. The van der Waals surface area contributed by atoms with E-state index in [1.807, 2.05) is 6.07 Å². The van der Waals surface area contributed by atoms with E-state index in [-0.39, 0.29) is 0 Å². The number of fused-ring (bicyclic) bond motifs is 1. The Morgan fingerprint density at radius 3 is 2.81 bits per heavy atom. The smallest absolute Gasteiger partial charge is 0.0598 e. The minimum Gasteiger partial charge on any atom is -0.354 e. The highest BCUT2D eigenvalue weighted by atomic mass is 35.5. The van der Waals surface area contributed by atoms with Crippen LogP contribution in [-0.2, 0) is 6.42 Å². The topological polar surface area (TPSA) is 41.8 Å². The zero-order valence-corrected chi connectivity index (χ0v) is 13.7. The summed E-state index contributed by atoms with van der Waals surface area (Å²) >= 11 is 7.97. The van der Waals surface area contributed by atoms with Gasteiger partial charge in [0, 0.05) is 15.9 Å². The number of aryl methyl sites for hydroxylation is 2. The normalized spacial score (nSPS) is 11.4. The first-order valence-corrected chi connectivity index (χ1v) is 8.50. The summed E-state index contributed by atoms with van der Waals surface area (Å²) < 4.78 is 0. The first-order chi connectivity index (χ1) is 10.2. The zero-order valence-electron chi connectivity index (χ0n) is 12.1. The predicted molar refractivity (Wildman–Crippen MR) is 93.4 cm³/mol. The summed E-state index contributed by atoms with van der Waals surface area (Å²) in [6.07, 6.45) is 3.19. The first kappa shape index (κ1) is 14.6. The summed E-state index contributed by atoms with van der Waals surface area (Å²) in [5.74, 6) is 0. The van der Waals surface area contributed by atoms with Crippen molar-refractivity contribution < 1.29 is 0 Å². The fraction of sp³-hybridized carbons (Fsp3) is 0.294. The van der Waals surface area contributed by atoms with Gasteiger partial charge in [-0.1, -0.05) is 11.6 Å². The van der Waals surface area contributed by atoms with E-state index >= 15 is 0 Å². The van der Waals surface area contributed by atoms with Gasteiger partial charge in [-0.3, -0.25) is 0 Å². The van der Waals surface area contributed by atoms with E-state index in [0.29, 0.717) is 0 Å². The van der Waals surface area contributed by atoms with Crippen LogP contribution in [0.3, 0.4) is 0 Å². The Balaban J connectivity index is 2.10. The minimum atomic E-state index is 0.747. The van der Waals surface area contributed by atoms with E-state index < -0.39 is 0 Å². The molecule has 4 heteroatoms. The number of rotatable bonds is 5. The second-order valence-corrected chi connectivity index (χ2v) is 6.75. The molecule has 2 heterocycles. The van der Waals surface area contributed by atoms with E-state index in [0.717, 1.165) is 36.3 Å². The molecule has 0 fully saturated rings. The van der Waals surface area contributed by atoms with Crippen LogP contribution in [0.2, 0.25) is 5.02 Å². The Bertz CT molecular complexity index is 757. The van der Waals surface area contributed by atoms with Gasteiger partial charge in [-0.05, 0) is 73.5 Å². The van der Waals surface area contributed by atoms with Gasteiger partial charge in [-0.2, -0.15) is 0 Å². The predicted octanol–water partition coefficient (Wildman–Crippen LogP) is 5.14. The maximum Gasteiger partial charge on any atom is 0.0598 e. The van der Waals surface area contributed by atoms with E-state index in [4.69, 9.17) is 17.3 Å². The molecule has 0 aliphatic rings. The van der Waals surface area contributed by atoms with Gasteiger partial charge in [0.2, 0.25) is 0 Å². The fourth-order valence-corrected chi connectivity index (χ4v) is 3.80. The zero-order chi connectivity index (χ0) is 14.8. The molecule has 0 radical (unpaired) electrons. The van der Waals surface area contributed by atoms with Crippen LogP contribution in [0.15, 0.2) is 29.6 Å². The number of hydrogen-bond donors (Lipinski definition) is 2. The molecule has 2 aromatic heterocycles. The highest BCUT2D eigenvalue weighted by Crippen LogP contribution is 2.35. The quantitative estimate of drug-likeness (QED) is 0.628. The van der Waals surface area contributed by atoms with Crippen molar-refractivity contribution in [3.63, 3.8) is 0 Å². The molecule has 3 N–H and O–H groups in total. The molecule has 0 saturated heterocycles. The second kappa shape index (κ2) is 6.22. The Labute approximate surface area is 133 Å². The standard InChI is InChI=1S/C17H19ClN2S/c1-11-8-16(21-10-11)17-13(4-2-3-7-19)14-9-12(18)5-6-15(14)20-17/h5-6,8-10,20H,2-4,7,19H2,1H3. The van der Waals surface area contributed by atoms with Crippen molar-refractivity contribution in [2.45, 2.75) is 26.2 Å². The Kier molecular flexibility index (Phi) is 4.34. The van der Waals surface area contributed by atoms with Crippen molar-refractivity contribution in [1.29, 1.82) is 0 Å². The van der Waals surface area contributed by atoms with Gasteiger partial charge >= 0.3 is 0 Å². The van der Waals surface area contributed by atoms with Crippen molar-refractivity contribution in [3.05, 3.63) is 45.8 Å². The number of unbranched alkanes of at least 4 members (excludes halogenated alkanes) is 1. The number of hydrogen-bond acceptors (Lipinski definition) is 2. The van der Waals surface area contributed by atoms with E-state index in [1.54, 1.807) is 11.3 Å². The molecule has 2 nitrogen and oxygen atoms in total. The number of H-pyrrole nitrogens is 1. The lowest BCUT2D eigenvalue weighted by Crippen LogP contribution is -1.99. The summed E-state index contributed by atoms with van der Waals surface area (Å²) in [5, 5.41) is 4.22. The largest absolute Gasteiger partial charge is 0.354 e. The van der Waals surface area contributed by atoms with Gasteiger partial charge in [0.25, 0.3) is 0 Å². The third kappa shape index (κ3) is 3.00. The maximum absolute atomic E-state index is 6.18. The van der Waals surface area contributed by atoms with Crippen LogP contribution in [0.1, 0.15) is 24.0 Å². The van der Waals surface area contributed by atoms with Crippen LogP contribution < -0.4 is 5.73 Å². The summed E-state index contributed by atoms with van der Waals surface area (Å²) in [5.41, 5.74) is 10.7. The molecule has 0 saturated carbocycles. The van der Waals surface area contributed by atoms with Crippen LogP contribution >= 0.6 is 22.9 Å². The number of benzene rings is 1. The third-order valence-electron chi connectivity index (χ3n) is 3.73. The summed E-state index contributed by atoms with van der Waals surface area (Å²) in [6, 6.07) is 8.31. The molecule has 0 unspecified atom stereocenters. The SMILES string of the molecule is Cc1csc(-c2[nH]c3ccc(Cl)cc3c2CCCCN)c1. The van der Waals surface area contributed by atoms with Crippen LogP contribution in [0.4, 0.5) is 0 Å². The van der Waals surface area contributed by atoms with Crippen molar-refractivity contribution in [3.8, 4) is 10.6 Å². The van der Waals surface area contributed by atoms with Gasteiger partial charge in [0.15, 0.2) is 0 Å². The fourth-order valence-electron chi connectivity index (χ4n) is 2.70. The maximum atomic E-state index is 6.18. The Hall–Kier alpha value is -1.29. The molecular weight excluding hydrogens is 300 g/mol. The molecule has 3 aromatic rings. The van der Waals surface area contributed by atoms with Crippen molar-refractivity contribution in [2.24, 2.45) is 5.73 Å². The molecule has 110 valence electrons. The highest BCUT2D eigenvalue weighted by molar-refractivity contribution is 7.13. The number of halogens is 1. The molecule has 0 bridgehead atoms. The van der Waals surface area contributed by atoms with Gasteiger partial charge in [-0.25, -0.2) is 0 Å². The molecule has 0 aliphatic heterocycles. The molecule has 1 aromatic carbocycles. The van der Waals surface area contributed by atoms with Crippen LogP contribution in [0, 0.1) is 6.92 Å². The lowest BCUT2D eigenvalue weighted by molar-refractivity contribution is 0.748. The van der Waals surface area contributed by atoms with E-state index in [1.165, 1.54) is 27.1 Å². The van der Waals surface area contributed by atoms with Gasteiger partial charge < -0.3 is 10.7 Å². The van der Waals surface area contributed by atoms with Crippen LogP contribution in [-0.4, -0.2) is 11.5 Å². The average Bonchev–Trinajstić information content (AvgIpc) is 3.03. The second-order valence-electron chi connectivity index (χ2n) is 5.40. The number of nitrogens with two attached hydrogens (primary N) is 1. The van der Waals surface area contributed by atoms with Crippen LogP contribution in [0.5, 0.6) is 0 Å². The molecule has 0 amide bonds. The average molecular weight is 319 g/mol. The highest BCUT2D eigenvalue weighted by Gasteiger charge is 2.14. The minimum absolute atomic E-state index is 0.747. The molecule has 0 aliphatic carbocycles. The third-order valence-corrected chi connectivity index (χ3v) is 5.03. The van der Waals surface area contributed by atoms with Gasteiger partial charge in [0.05, 0.1) is 10.6 Å². The number of aromatic nitrogens is 1. The molecule has 0 atom stereocenters. The molecule has 3 rings (SSSR count). The Morgan fingerprint density at radius 2 is 2.10 bits per heavy atom. The Morgan fingerprint density at radius 1 is 1.24 bits per heavy atom. The molecular formula is C17H19ClN2S. The number of nitrogens with one attached hydrogen (secondary N) is 1. The molecule has 21 heavy (non-hydrogen) atoms. The lowest BCUT2D eigenvalue weighted by Gasteiger charge is -2.03. The van der Waals surface area contributed by atoms with E-state index in [9.17, 15) is 0 Å². The lowest BCUT2D eigenvalue weighted by atomic mass is 10.0. The van der Waals surface area contributed by atoms with Crippen molar-refractivity contribution in [2.75, 3.05) is 6.54 Å². The van der Waals surface area contributed by atoms with Crippen LogP contribution in [0.25, 0.3) is 21.5 Å². The summed E-state index contributed by atoms with van der Waals surface area (Å²) in [4.78, 5) is 4.86.